The second kappa shape index (κ2) is 11.6. The molecule has 0 spiro atoms. The van der Waals surface area contributed by atoms with Crippen LogP contribution in [-0.4, -0.2) is 29.8 Å². The van der Waals surface area contributed by atoms with E-state index in [9.17, 15) is 4.79 Å². The van der Waals surface area contributed by atoms with E-state index in [0.29, 0.717) is 40.6 Å². The number of methoxy groups -OCH3 is 1. The SMILES string of the molecule is CCOC(=O)CC(c1cc(OCc2noc(-c3cc(OC)ccc3F)c2C2=CCCC2(C)C)ncc1Cl)C1CC1. The molecule has 40 heavy (non-hydrogen) atoms. The number of esters is 1. The molecular formula is C31H34ClFN2O5. The van der Waals surface area contributed by atoms with Gasteiger partial charge in [0.15, 0.2) is 5.76 Å². The van der Waals surface area contributed by atoms with Crippen molar-refractivity contribution in [3.8, 4) is 23.0 Å². The van der Waals surface area contributed by atoms with Gasteiger partial charge in [0.1, 0.15) is 23.9 Å². The molecule has 3 aromatic rings. The monoisotopic (exact) mass is 568 g/mol. The van der Waals surface area contributed by atoms with Crippen LogP contribution in [0.25, 0.3) is 16.9 Å². The minimum Gasteiger partial charge on any atom is -0.497 e. The van der Waals surface area contributed by atoms with E-state index in [-0.39, 0.29) is 35.9 Å². The van der Waals surface area contributed by atoms with Crippen molar-refractivity contribution in [1.82, 2.24) is 10.1 Å². The number of allylic oxidation sites excluding steroid dienone is 2. The second-order valence-corrected chi connectivity index (χ2v) is 11.4. The topological polar surface area (TPSA) is 83.7 Å². The molecule has 2 aliphatic carbocycles. The highest BCUT2D eigenvalue weighted by atomic mass is 35.5. The number of hydrogen-bond donors (Lipinski definition) is 0. The average Bonchev–Trinajstić information content (AvgIpc) is 3.60. The van der Waals surface area contributed by atoms with Crippen molar-refractivity contribution in [3.05, 3.63) is 64.2 Å². The molecule has 2 aliphatic rings. The molecule has 1 atom stereocenters. The van der Waals surface area contributed by atoms with Crippen molar-refractivity contribution in [2.75, 3.05) is 13.7 Å². The van der Waals surface area contributed by atoms with Crippen molar-refractivity contribution in [3.63, 3.8) is 0 Å². The lowest BCUT2D eigenvalue weighted by Crippen LogP contribution is -2.13. The van der Waals surface area contributed by atoms with E-state index in [1.807, 2.05) is 0 Å². The van der Waals surface area contributed by atoms with E-state index >= 15 is 4.39 Å². The van der Waals surface area contributed by atoms with E-state index in [0.717, 1.165) is 42.4 Å². The molecule has 0 radical (unpaired) electrons. The Morgan fingerprint density at radius 1 is 1.27 bits per heavy atom. The molecule has 1 aromatic carbocycles. The van der Waals surface area contributed by atoms with E-state index < -0.39 is 5.82 Å². The third-order valence-corrected chi connectivity index (χ3v) is 8.11. The van der Waals surface area contributed by atoms with Gasteiger partial charge in [-0.3, -0.25) is 4.79 Å². The van der Waals surface area contributed by atoms with Gasteiger partial charge in [-0.1, -0.05) is 36.7 Å². The first-order valence-corrected chi connectivity index (χ1v) is 14.1. The van der Waals surface area contributed by atoms with Gasteiger partial charge in [-0.2, -0.15) is 0 Å². The molecule has 2 heterocycles. The number of carbonyl (C=O) groups is 1. The first-order valence-electron chi connectivity index (χ1n) is 13.7. The molecule has 0 bridgehead atoms. The lowest BCUT2D eigenvalue weighted by atomic mass is 9.80. The molecule has 9 heteroatoms. The van der Waals surface area contributed by atoms with Crippen LogP contribution in [-0.2, 0) is 16.1 Å². The maximum Gasteiger partial charge on any atom is 0.306 e. The van der Waals surface area contributed by atoms with Crippen LogP contribution in [0.3, 0.4) is 0 Å². The number of aromatic nitrogens is 2. The fourth-order valence-electron chi connectivity index (χ4n) is 5.49. The van der Waals surface area contributed by atoms with Crippen LogP contribution in [0.5, 0.6) is 11.6 Å². The fourth-order valence-corrected chi connectivity index (χ4v) is 5.73. The Hall–Kier alpha value is -3.39. The van der Waals surface area contributed by atoms with Crippen molar-refractivity contribution in [2.45, 2.75) is 65.4 Å². The number of rotatable bonds is 11. The summed E-state index contributed by atoms with van der Waals surface area (Å²) in [6.07, 6.45) is 7.90. The minimum atomic E-state index is -0.432. The standard InChI is InChI=1S/C31H34ClFN2O5/c1-5-38-28(36)15-20(18-8-9-18)21-14-27(34-16-24(21)32)39-17-26-29(23-7-6-12-31(23,2)3)30(40-35-26)22-13-19(37-4)10-11-25(22)33/h7,10-11,13-14,16,18,20H,5-6,8-9,12,15,17H2,1-4H3. The number of halogens is 2. The van der Waals surface area contributed by atoms with Crippen molar-refractivity contribution < 1.29 is 27.9 Å². The fraction of sp³-hybridized carbons (Fsp3) is 0.452. The Balaban J connectivity index is 1.46. The Morgan fingerprint density at radius 2 is 2.08 bits per heavy atom. The quantitative estimate of drug-likeness (QED) is 0.218. The maximum absolute atomic E-state index is 15.0. The molecule has 1 unspecified atom stereocenters. The highest BCUT2D eigenvalue weighted by molar-refractivity contribution is 6.31. The summed E-state index contributed by atoms with van der Waals surface area (Å²) < 4.78 is 37.5. The van der Waals surface area contributed by atoms with E-state index in [2.05, 4.69) is 30.1 Å². The number of ether oxygens (including phenoxy) is 3. The van der Waals surface area contributed by atoms with Gasteiger partial charge < -0.3 is 18.7 Å². The maximum atomic E-state index is 15.0. The molecule has 0 amide bonds. The zero-order valence-electron chi connectivity index (χ0n) is 23.3. The zero-order chi connectivity index (χ0) is 28.4. The van der Waals surface area contributed by atoms with Gasteiger partial charge in [0.05, 0.1) is 36.3 Å². The summed E-state index contributed by atoms with van der Waals surface area (Å²) >= 11 is 6.54. The zero-order valence-corrected chi connectivity index (χ0v) is 24.0. The van der Waals surface area contributed by atoms with Crippen LogP contribution in [0.2, 0.25) is 5.02 Å². The van der Waals surface area contributed by atoms with Gasteiger partial charge in [-0.15, -0.1) is 0 Å². The normalized spacial score (nSPS) is 16.9. The summed E-state index contributed by atoms with van der Waals surface area (Å²) in [5, 5.41) is 4.81. The van der Waals surface area contributed by atoms with Crippen LogP contribution < -0.4 is 9.47 Å². The summed E-state index contributed by atoms with van der Waals surface area (Å²) in [4.78, 5) is 16.7. The third kappa shape index (κ3) is 5.87. The Bertz CT molecular complexity index is 1430. The first-order chi connectivity index (χ1) is 19.2. The Kier molecular flexibility index (Phi) is 8.17. The number of benzene rings is 1. The predicted octanol–water partition coefficient (Wildman–Crippen LogP) is 7.77. The molecule has 7 nitrogen and oxygen atoms in total. The highest BCUT2D eigenvalue weighted by Gasteiger charge is 2.37. The molecule has 2 aromatic heterocycles. The van der Waals surface area contributed by atoms with Gasteiger partial charge in [0, 0.05) is 12.3 Å². The lowest BCUT2D eigenvalue weighted by molar-refractivity contribution is -0.143. The van der Waals surface area contributed by atoms with Crippen molar-refractivity contribution in [1.29, 1.82) is 0 Å². The Labute approximate surface area is 238 Å². The summed E-state index contributed by atoms with van der Waals surface area (Å²) in [6, 6.07) is 6.33. The highest BCUT2D eigenvalue weighted by Crippen LogP contribution is 2.49. The number of carbonyl (C=O) groups excluding carboxylic acids is 1. The molecule has 5 rings (SSSR count). The van der Waals surface area contributed by atoms with E-state index in [1.54, 1.807) is 31.3 Å². The molecule has 212 valence electrons. The number of nitrogens with zero attached hydrogens (tertiary/aromatic N) is 2. The molecule has 1 saturated carbocycles. The number of hydrogen-bond acceptors (Lipinski definition) is 7. The molecule has 1 fully saturated rings. The summed E-state index contributed by atoms with van der Waals surface area (Å²) in [7, 11) is 1.54. The van der Waals surface area contributed by atoms with Crippen molar-refractivity contribution in [2.24, 2.45) is 11.3 Å². The van der Waals surface area contributed by atoms with E-state index in [1.165, 1.54) is 13.2 Å². The van der Waals surface area contributed by atoms with Crippen LogP contribution >= 0.6 is 11.6 Å². The average molecular weight is 569 g/mol. The molecule has 0 N–H and O–H groups in total. The largest absolute Gasteiger partial charge is 0.497 e. The van der Waals surface area contributed by atoms with Crippen LogP contribution in [0.15, 0.2) is 41.1 Å². The predicted molar refractivity (Wildman–Crippen MR) is 150 cm³/mol. The van der Waals surface area contributed by atoms with Crippen molar-refractivity contribution >= 4 is 23.1 Å². The van der Waals surface area contributed by atoms with Gasteiger partial charge >= 0.3 is 5.97 Å². The molecule has 0 aliphatic heterocycles. The molecular weight excluding hydrogens is 535 g/mol. The van der Waals surface area contributed by atoms with Crippen LogP contribution in [0, 0.1) is 17.2 Å². The second-order valence-electron chi connectivity index (χ2n) is 11.0. The van der Waals surface area contributed by atoms with Gasteiger partial charge in [0.25, 0.3) is 0 Å². The van der Waals surface area contributed by atoms with Gasteiger partial charge in [0.2, 0.25) is 5.88 Å². The van der Waals surface area contributed by atoms with Crippen LogP contribution in [0.4, 0.5) is 4.39 Å². The third-order valence-electron chi connectivity index (χ3n) is 7.80. The summed E-state index contributed by atoms with van der Waals surface area (Å²) in [6.45, 7) is 6.50. The minimum absolute atomic E-state index is 0.0535. The molecule has 0 saturated heterocycles. The smallest absolute Gasteiger partial charge is 0.306 e. The first kappa shape index (κ1) is 28.1. The van der Waals surface area contributed by atoms with E-state index in [4.69, 9.17) is 30.3 Å². The Morgan fingerprint density at radius 3 is 2.75 bits per heavy atom. The van der Waals surface area contributed by atoms with Crippen LogP contribution in [0.1, 0.15) is 75.6 Å². The van der Waals surface area contributed by atoms with Gasteiger partial charge in [-0.25, -0.2) is 9.37 Å². The summed E-state index contributed by atoms with van der Waals surface area (Å²) in [5.41, 5.74) is 3.25. The lowest BCUT2D eigenvalue weighted by Gasteiger charge is -2.23. The van der Waals surface area contributed by atoms with Gasteiger partial charge in [-0.05, 0) is 79.2 Å². The number of pyridine rings is 1. The summed E-state index contributed by atoms with van der Waals surface area (Å²) in [5.74, 6) is 0.844.